The van der Waals surface area contributed by atoms with Gasteiger partial charge in [-0.25, -0.2) is 0 Å². The zero-order chi connectivity index (χ0) is 25.2. The van der Waals surface area contributed by atoms with E-state index in [9.17, 15) is 0 Å². The number of fused-ring (bicyclic) bond motifs is 2. The molecular weight excluding hydrogens is 466 g/mol. The number of rotatable bonds is 2. The first-order valence-electron chi connectivity index (χ1n) is 15.4. The largest absolute Gasteiger partial charge is 0.380 e. The van der Waals surface area contributed by atoms with Crippen molar-refractivity contribution in [2.75, 3.05) is 26.3 Å². The molecule has 4 aliphatic heterocycles. The Morgan fingerprint density at radius 3 is 2.68 bits per heavy atom. The summed E-state index contributed by atoms with van der Waals surface area (Å²) in [5, 5.41) is 2.74. The molecule has 198 valence electrons. The van der Waals surface area contributed by atoms with Gasteiger partial charge in [0, 0.05) is 18.0 Å². The highest BCUT2D eigenvalue weighted by Crippen LogP contribution is 2.69. The molecule has 5 fully saturated rings. The molecule has 0 aromatic heterocycles. The molecule has 2 aromatic carbocycles. The van der Waals surface area contributed by atoms with Gasteiger partial charge in [0.05, 0.1) is 24.4 Å². The first-order chi connectivity index (χ1) is 18.5. The van der Waals surface area contributed by atoms with Gasteiger partial charge in [-0.1, -0.05) is 61.5 Å². The SMILES string of the molecule is C[C@]12CC=C3C=C4CC[C@H](N5CCC6(COC6)C5)C[C@]45CC[C@]3(O5)[C@@H]1CC[C@@H]2c1ccc2ccccc2c1. The van der Waals surface area contributed by atoms with Crippen molar-refractivity contribution in [1.29, 1.82) is 0 Å². The summed E-state index contributed by atoms with van der Waals surface area (Å²) in [4.78, 5) is 2.82. The van der Waals surface area contributed by atoms with E-state index in [1.54, 1.807) is 16.7 Å². The first-order valence-corrected chi connectivity index (χ1v) is 15.4. The summed E-state index contributed by atoms with van der Waals surface area (Å²) in [5.41, 5.74) is 5.39. The van der Waals surface area contributed by atoms with E-state index < -0.39 is 0 Å². The summed E-state index contributed by atoms with van der Waals surface area (Å²) in [6, 6.07) is 16.8. The summed E-state index contributed by atoms with van der Waals surface area (Å²) in [7, 11) is 0. The summed E-state index contributed by atoms with van der Waals surface area (Å²) >= 11 is 0. The normalized spacial score (nSPS) is 42.8. The Morgan fingerprint density at radius 2 is 1.84 bits per heavy atom. The van der Waals surface area contributed by atoms with Crippen molar-refractivity contribution in [3.05, 3.63) is 71.3 Å². The van der Waals surface area contributed by atoms with Gasteiger partial charge < -0.3 is 9.47 Å². The van der Waals surface area contributed by atoms with Crippen LogP contribution in [0.1, 0.15) is 76.2 Å². The summed E-state index contributed by atoms with van der Waals surface area (Å²) in [5.74, 6) is 1.23. The number of hydrogen-bond acceptors (Lipinski definition) is 3. The molecular formula is C35H41NO2. The van der Waals surface area contributed by atoms with Gasteiger partial charge in [0.15, 0.2) is 0 Å². The second kappa shape index (κ2) is 7.62. The Balaban J connectivity index is 1.03. The van der Waals surface area contributed by atoms with E-state index in [-0.39, 0.29) is 16.6 Å². The summed E-state index contributed by atoms with van der Waals surface area (Å²) in [6.07, 6.45) is 16.5. The molecule has 2 saturated carbocycles. The minimum Gasteiger partial charge on any atom is -0.380 e. The molecule has 3 saturated heterocycles. The predicted molar refractivity (Wildman–Crippen MR) is 151 cm³/mol. The van der Waals surface area contributed by atoms with E-state index >= 15 is 0 Å². The van der Waals surface area contributed by atoms with Gasteiger partial charge in [0.2, 0.25) is 0 Å². The Hall–Kier alpha value is -1.94. The van der Waals surface area contributed by atoms with Gasteiger partial charge in [-0.05, 0) is 109 Å². The van der Waals surface area contributed by atoms with Gasteiger partial charge in [-0.3, -0.25) is 4.90 Å². The van der Waals surface area contributed by atoms with Crippen molar-refractivity contribution in [3.8, 4) is 0 Å². The molecule has 0 N–H and O–H groups in total. The Morgan fingerprint density at radius 1 is 0.947 bits per heavy atom. The average Bonchev–Trinajstić information content (AvgIpc) is 3.61. The van der Waals surface area contributed by atoms with Crippen molar-refractivity contribution in [3.63, 3.8) is 0 Å². The molecule has 3 aliphatic carbocycles. The lowest BCUT2D eigenvalue weighted by Gasteiger charge is -2.55. The van der Waals surface area contributed by atoms with Crippen LogP contribution in [0.15, 0.2) is 65.8 Å². The fourth-order valence-electron chi connectivity index (χ4n) is 10.6. The van der Waals surface area contributed by atoms with E-state index in [1.807, 2.05) is 0 Å². The smallest absolute Gasteiger partial charge is 0.0974 e. The Labute approximate surface area is 227 Å². The van der Waals surface area contributed by atoms with Gasteiger partial charge in [-0.15, -0.1) is 0 Å². The average molecular weight is 508 g/mol. The molecule has 0 amide bonds. The van der Waals surface area contributed by atoms with E-state index in [0.29, 0.717) is 23.3 Å². The minimum atomic E-state index is -0.0575. The van der Waals surface area contributed by atoms with Crippen LogP contribution >= 0.6 is 0 Å². The van der Waals surface area contributed by atoms with Gasteiger partial charge in [0.1, 0.15) is 0 Å². The number of allylic oxidation sites excluding steroid dienone is 1. The summed E-state index contributed by atoms with van der Waals surface area (Å²) in [6.45, 7) is 7.08. The van der Waals surface area contributed by atoms with Crippen LogP contribution in [0.25, 0.3) is 10.8 Å². The molecule has 0 radical (unpaired) electrons. The third-order valence-corrected chi connectivity index (χ3v) is 12.6. The van der Waals surface area contributed by atoms with Crippen molar-refractivity contribution in [2.24, 2.45) is 16.7 Å². The number of hydrogen-bond donors (Lipinski definition) is 0. The fraction of sp³-hybridized carbons (Fsp3) is 0.600. The van der Waals surface area contributed by atoms with Crippen LogP contribution in [-0.4, -0.2) is 48.4 Å². The lowest BCUT2D eigenvalue weighted by atomic mass is 9.58. The topological polar surface area (TPSA) is 21.7 Å². The van der Waals surface area contributed by atoms with E-state index in [1.165, 1.54) is 81.6 Å². The number of benzene rings is 2. The second-order valence-corrected chi connectivity index (χ2v) is 14.4. The van der Waals surface area contributed by atoms with Crippen molar-refractivity contribution in [1.82, 2.24) is 4.90 Å². The highest BCUT2D eigenvalue weighted by atomic mass is 16.5. The van der Waals surface area contributed by atoms with Crippen LogP contribution in [0.3, 0.4) is 0 Å². The quantitative estimate of drug-likeness (QED) is 0.430. The highest BCUT2D eigenvalue weighted by molar-refractivity contribution is 5.83. The highest BCUT2D eigenvalue weighted by Gasteiger charge is 2.66. The lowest BCUT2D eigenvalue weighted by Crippen LogP contribution is -2.55. The first kappa shape index (κ1) is 22.8. The van der Waals surface area contributed by atoms with Crippen LogP contribution < -0.4 is 0 Å². The number of ether oxygens (including phenoxy) is 2. The standard InChI is InChI=1S/C35H41NO2/c1-32-13-12-28-19-27-8-9-29(36-17-16-33(21-36)22-37-23-33)20-34(27)14-15-35(28,38-34)31(32)11-10-30(32)26-7-6-24-4-2-3-5-25(24)18-26/h2-7,12,18-19,29-31H,8-11,13-17,20-23H2,1H3/t29-,30+,31+,32+,34+,35+/m0/s1. The van der Waals surface area contributed by atoms with Crippen LogP contribution in [-0.2, 0) is 9.47 Å². The van der Waals surface area contributed by atoms with Crippen LogP contribution in [0, 0.1) is 16.7 Å². The predicted octanol–water partition coefficient (Wildman–Crippen LogP) is 7.17. The maximum absolute atomic E-state index is 7.61. The lowest BCUT2D eigenvalue weighted by molar-refractivity contribution is -0.142. The second-order valence-electron chi connectivity index (χ2n) is 14.4. The molecule has 7 aliphatic rings. The zero-order valence-corrected chi connectivity index (χ0v) is 22.9. The molecule has 9 rings (SSSR count). The maximum atomic E-state index is 7.61. The Bertz CT molecular complexity index is 1390. The fourth-order valence-corrected chi connectivity index (χ4v) is 10.6. The van der Waals surface area contributed by atoms with Crippen molar-refractivity contribution < 1.29 is 9.47 Å². The monoisotopic (exact) mass is 507 g/mol. The Kier molecular flexibility index (Phi) is 4.58. The van der Waals surface area contributed by atoms with Crippen molar-refractivity contribution >= 4 is 10.8 Å². The molecule has 3 nitrogen and oxygen atoms in total. The molecule has 4 heterocycles. The molecule has 3 heteroatoms. The zero-order valence-electron chi connectivity index (χ0n) is 22.9. The number of likely N-dealkylation sites (tertiary alicyclic amines) is 1. The summed E-state index contributed by atoms with van der Waals surface area (Å²) < 4.78 is 13.2. The minimum absolute atomic E-state index is 0.00852. The molecule has 2 aromatic rings. The third-order valence-electron chi connectivity index (χ3n) is 12.6. The maximum Gasteiger partial charge on any atom is 0.0974 e. The van der Waals surface area contributed by atoms with Gasteiger partial charge >= 0.3 is 0 Å². The van der Waals surface area contributed by atoms with Crippen LogP contribution in [0.4, 0.5) is 0 Å². The van der Waals surface area contributed by atoms with Crippen LogP contribution in [0.5, 0.6) is 0 Å². The van der Waals surface area contributed by atoms with E-state index in [0.717, 1.165) is 13.2 Å². The molecule has 38 heavy (non-hydrogen) atoms. The number of nitrogens with zero attached hydrogens (tertiary/aromatic N) is 1. The van der Waals surface area contributed by atoms with Crippen LogP contribution in [0.2, 0.25) is 0 Å². The van der Waals surface area contributed by atoms with E-state index in [4.69, 9.17) is 9.47 Å². The third kappa shape index (κ3) is 2.91. The molecule has 3 spiro atoms. The molecule has 6 atom stereocenters. The van der Waals surface area contributed by atoms with Crippen molar-refractivity contribution in [2.45, 2.75) is 87.9 Å². The van der Waals surface area contributed by atoms with E-state index in [2.05, 4.69) is 66.4 Å². The van der Waals surface area contributed by atoms with Gasteiger partial charge in [-0.2, -0.15) is 0 Å². The van der Waals surface area contributed by atoms with Gasteiger partial charge in [0.25, 0.3) is 0 Å². The molecule has 0 unspecified atom stereocenters. The molecule has 2 bridgehead atoms.